The molecule has 146 valence electrons. The number of nitrogens with one attached hydrogen (secondary N) is 1. The number of pyridine rings is 1. The fourth-order valence-electron chi connectivity index (χ4n) is 3.10. The monoisotopic (exact) mass is 397 g/mol. The Morgan fingerprint density at radius 2 is 2.11 bits per heavy atom. The highest BCUT2D eigenvalue weighted by Crippen LogP contribution is 2.41. The molecule has 3 heterocycles. The Morgan fingerprint density at radius 1 is 1.32 bits per heavy atom. The number of aryl methyl sites for hydroxylation is 2. The molecule has 8 nitrogen and oxygen atoms in total. The normalized spacial score (nSPS) is 14.9. The molecule has 0 radical (unpaired) electrons. The number of hydrogen-bond donors (Lipinski definition) is 1. The summed E-state index contributed by atoms with van der Waals surface area (Å²) in [6, 6.07) is 4.27. The van der Waals surface area contributed by atoms with Crippen LogP contribution in [0.2, 0.25) is 0 Å². The zero-order chi connectivity index (χ0) is 19.8. The molecule has 0 aromatic carbocycles. The van der Waals surface area contributed by atoms with E-state index < -0.39 is 0 Å². The van der Waals surface area contributed by atoms with Crippen LogP contribution < -0.4 is 5.32 Å². The van der Waals surface area contributed by atoms with Gasteiger partial charge < -0.3 is 5.32 Å². The Labute approximate surface area is 167 Å². The Kier molecular flexibility index (Phi) is 4.92. The van der Waals surface area contributed by atoms with Crippen LogP contribution in [0, 0.1) is 13.8 Å². The molecule has 1 N–H and O–H groups in total. The van der Waals surface area contributed by atoms with Crippen molar-refractivity contribution in [2.24, 2.45) is 7.05 Å². The Morgan fingerprint density at radius 3 is 2.71 bits per heavy atom. The molecule has 1 saturated carbocycles. The van der Waals surface area contributed by atoms with Crippen molar-refractivity contribution in [1.82, 2.24) is 29.5 Å². The molecule has 1 amide bonds. The summed E-state index contributed by atoms with van der Waals surface area (Å²) >= 11 is 1.43. The summed E-state index contributed by atoms with van der Waals surface area (Å²) < 4.78 is 3.92. The maximum Gasteiger partial charge on any atom is 0.237 e. The SMILES string of the molecule is Cc1nn(C)c(C)c1NC(=O)C(C)Sc1nnc(-c2cccnc2)n1C1CC1. The highest BCUT2D eigenvalue weighted by molar-refractivity contribution is 8.00. The van der Waals surface area contributed by atoms with Crippen LogP contribution in [-0.2, 0) is 11.8 Å². The lowest BCUT2D eigenvalue weighted by molar-refractivity contribution is -0.115. The minimum Gasteiger partial charge on any atom is -0.322 e. The molecule has 1 fully saturated rings. The largest absolute Gasteiger partial charge is 0.322 e. The molecule has 28 heavy (non-hydrogen) atoms. The van der Waals surface area contributed by atoms with E-state index in [0.717, 1.165) is 46.5 Å². The van der Waals surface area contributed by atoms with Gasteiger partial charge in [0, 0.05) is 31.0 Å². The summed E-state index contributed by atoms with van der Waals surface area (Å²) in [7, 11) is 1.87. The zero-order valence-electron chi connectivity index (χ0n) is 16.4. The van der Waals surface area contributed by atoms with Crippen LogP contribution in [0.15, 0.2) is 29.7 Å². The van der Waals surface area contributed by atoms with Gasteiger partial charge in [-0.15, -0.1) is 10.2 Å². The smallest absolute Gasteiger partial charge is 0.237 e. The molecule has 0 spiro atoms. The topological polar surface area (TPSA) is 90.5 Å². The van der Waals surface area contributed by atoms with Crippen molar-refractivity contribution in [3.8, 4) is 11.4 Å². The van der Waals surface area contributed by atoms with Gasteiger partial charge in [0.15, 0.2) is 11.0 Å². The first-order valence-corrected chi connectivity index (χ1v) is 10.2. The van der Waals surface area contributed by atoms with Crippen molar-refractivity contribution in [3.63, 3.8) is 0 Å². The molecule has 0 saturated heterocycles. The number of aromatic nitrogens is 6. The minimum absolute atomic E-state index is 0.0718. The van der Waals surface area contributed by atoms with Gasteiger partial charge in [-0.05, 0) is 45.7 Å². The number of rotatable bonds is 6. The molecule has 1 aliphatic rings. The van der Waals surface area contributed by atoms with Gasteiger partial charge >= 0.3 is 0 Å². The van der Waals surface area contributed by atoms with Crippen LogP contribution in [0.1, 0.15) is 37.2 Å². The van der Waals surface area contributed by atoms with E-state index in [1.807, 2.05) is 40.0 Å². The number of carbonyl (C=O) groups excluding carboxylic acids is 1. The van der Waals surface area contributed by atoms with E-state index in [1.165, 1.54) is 11.8 Å². The highest BCUT2D eigenvalue weighted by atomic mass is 32.2. The number of nitrogens with zero attached hydrogens (tertiary/aromatic N) is 6. The molecule has 3 aromatic heterocycles. The summed E-state index contributed by atoms with van der Waals surface area (Å²) in [4.78, 5) is 17.0. The minimum atomic E-state index is -0.317. The molecule has 1 atom stereocenters. The molecular weight excluding hydrogens is 374 g/mol. The van der Waals surface area contributed by atoms with Crippen molar-refractivity contribution >= 4 is 23.4 Å². The Balaban J connectivity index is 1.54. The Bertz CT molecular complexity index is 1010. The van der Waals surface area contributed by atoms with E-state index in [4.69, 9.17) is 0 Å². The molecule has 9 heteroatoms. The van der Waals surface area contributed by atoms with Crippen LogP contribution in [0.25, 0.3) is 11.4 Å². The quantitative estimate of drug-likeness (QED) is 0.643. The van der Waals surface area contributed by atoms with E-state index in [-0.39, 0.29) is 11.2 Å². The van der Waals surface area contributed by atoms with Crippen LogP contribution in [0.5, 0.6) is 0 Å². The second-order valence-corrected chi connectivity index (χ2v) is 8.38. The fraction of sp³-hybridized carbons (Fsp3) is 0.421. The van der Waals surface area contributed by atoms with Gasteiger partial charge in [-0.3, -0.25) is 19.0 Å². The van der Waals surface area contributed by atoms with Crippen LogP contribution >= 0.6 is 11.8 Å². The molecule has 4 rings (SSSR count). The third-order valence-corrected chi connectivity index (χ3v) is 5.96. The van der Waals surface area contributed by atoms with Gasteiger partial charge in [-0.2, -0.15) is 5.10 Å². The number of thioether (sulfide) groups is 1. The van der Waals surface area contributed by atoms with E-state index in [1.54, 1.807) is 17.1 Å². The molecule has 0 bridgehead atoms. The standard InChI is InChI=1S/C19H23N7OS/c1-11-16(12(2)25(4)24-11)21-18(27)13(3)28-19-23-22-17(26(19)15-7-8-15)14-6-5-9-20-10-14/h5-6,9-10,13,15H,7-8H2,1-4H3,(H,21,27). The third kappa shape index (κ3) is 3.54. The van der Waals surface area contributed by atoms with Gasteiger partial charge in [0.1, 0.15) is 0 Å². The number of hydrogen-bond acceptors (Lipinski definition) is 6. The first-order valence-electron chi connectivity index (χ1n) is 9.28. The zero-order valence-corrected chi connectivity index (χ0v) is 17.2. The molecule has 1 unspecified atom stereocenters. The highest BCUT2D eigenvalue weighted by Gasteiger charge is 2.31. The van der Waals surface area contributed by atoms with Crippen molar-refractivity contribution in [2.75, 3.05) is 5.32 Å². The van der Waals surface area contributed by atoms with Crippen LogP contribution in [0.3, 0.4) is 0 Å². The lowest BCUT2D eigenvalue weighted by atomic mass is 10.3. The van der Waals surface area contributed by atoms with E-state index in [9.17, 15) is 4.79 Å². The maximum atomic E-state index is 12.8. The summed E-state index contributed by atoms with van der Waals surface area (Å²) in [5, 5.41) is 16.6. The summed E-state index contributed by atoms with van der Waals surface area (Å²) in [5.74, 6) is 0.738. The average molecular weight is 398 g/mol. The van der Waals surface area contributed by atoms with Gasteiger partial charge in [-0.1, -0.05) is 11.8 Å². The van der Waals surface area contributed by atoms with Crippen LogP contribution in [-0.4, -0.2) is 40.7 Å². The van der Waals surface area contributed by atoms with Crippen molar-refractivity contribution < 1.29 is 4.79 Å². The maximum absolute atomic E-state index is 12.8. The van der Waals surface area contributed by atoms with Gasteiger partial charge in [0.25, 0.3) is 0 Å². The first kappa shape index (κ1) is 18.7. The van der Waals surface area contributed by atoms with Gasteiger partial charge in [0.05, 0.1) is 22.3 Å². The van der Waals surface area contributed by atoms with E-state index in [0.29, 0.717) is 6.04 Å². The second kappa shape index (κ2) is 7.38. The fourth-order valence-corrected chi connectivity index (χ4v) is 4.02. The van der Waals surface area contributed by atoms with Crippen LogP contribution in [0.4, 0.5) is 5.69 Å². The molecule has 0 aliphatic heterocycles. The van der Waals surface area contributed by atoms with Gasteiger partial charge in [0.2, 0.25) is 5.91 Å². The number of anilines is 1. The first-order chi connectivity index (χ1) is 13.5. The lowest BCUT2D eigenvalue weighted by Crippen LogP contribution is -2.23. The molecule has 1 aliphatic carbocycles. The molecular formula is C19H23N7OS. The van der Waals surface area contributed by atoms with Crippen molar-refractivity contribution in [2.45, 2.75) is 50.1 Å². The molecule has 3 aromatic rings. The van der Waals surface area contributed by atoms with Crippen molar-refractivity contribution in [1.29, 1.82) is 0 Å². The van der Waals surface area contributed by atoms with E-state index >= 15 is 0 Å². The number of amides is 1. The summed E-state index contributed by atoms with van der Waals surface area (Å²) in [6.45, 7) is 5.72. The van der Waals surface area contributed by atoms with E-state index in [2.05, 4.69) is 30.2 Å². The second-order valence-electron chi connectivity index (χ2n) is 7.07. The third-order valence-electron chi connectivity index (χ3n) is 4.90. The number of carbonyl (C=O) groups is 1. The average Bonchev–Trinajstić information content (AvgIpc) is 3.40. The predicted molar refractivity (Wildman–Crippen MR) is 108 cm³/mol. The predicted octanol–water partition coefficient (Wildman–Crippen LogP) is 3.14. The van der Waals surface area contributed by atoms with Crippen molar-refractivity contribution in [3.05, 3.63) is 35.9 Å². The lowest BCUT2D eigenvalue weighted by Gasteiger charge is -2.13. The summed E-state index contributed by atoms with van der Waals surface area (Å²) in [5.41, 5.74) is 3.46. The summed E-state index contributed by atoms with van der Waals surface area (Å²) in [6.07, 6.45) is 5.74. The Hall–Kier alpha value is -2.68. The van der Waals surface area contributed by atoms with Gasteiger partial charge in [-0.25, -0.2) is 0 Å².